The van der Waals surface area contributed by atoms with E-state index in [4.69, 9.17) is 0 Å². The highest BCUT2D eigenvalue weighted by atomic mass is 79.9. The van der Waals surface area contributed by atoms with Gasteiger partial charge in [-0.2, -0.15) is 0 Å². The summed E-state index contributed by atoms with van der Waals surface area (Å²) in [5, 5.41) is 5.97. The molecule has 0 aromatic carbocycles. The van der Waals surface area contributed by atoms with Crippen molar-refractivity contribution >= 4 is 27.3 Å². The summed E-state index contributed by atoms with van der Waals surface area (Å²) in [6.45, 7) is 8.02. The Labute approximate surface area is 131 Å². The van der Waals surface area contributed by atoms with Gasteiger partial charge in [-0.3, -0.25) is 0 Å². The molecular weight excluding hydrogens is 318 g/mol. The minimum atomic E-state index is 0.641. The van der Waals surface area contributed by atoms with Crippen molar-refractivity contribution in [1.82, 2.24) is 5.32 Å². The molecule has 0 aliphatic carbocycles. The van der Waals surface area contributed by atoms with Crippen LogP contribution < -0.4 is 5.32 Å². The number of hydrogen-bond donors (Lipinski definition) is 1. The van der Waals surface area contributed by atoms with E-state index in [1.165, 1.54) is 47.9 Å². The monoisotopic (exact) mass is 345 g/mol. The summed E-state index contributed by atoms with van der Waals surface area (Å²) in [6, 6.07) is 2.92. The lowest BCUT2D eigenvalue weighted by molar-refractivity contribution is 0.317. The van der Waals surface area contributed by atoms with E-state index in [1.807, 2.05) is 11.3 Å². The molecule has 19 heavy (non-hydrogen) atoms. The maximum Gasteiger partial charge on any atom is 0.0285 e. The third-order valence-corrected chi connectivity index (χ3v) is 5.44. The van der Waals surface area contributed by atoms with Crippen LogP contribution in [0.4, 0.5) is 0 Å². The zero-order chi connectivity index (χ0) is 14.1. The van der Waals surface area contributed by atoms with Gasteiger partial charge in [0.1, 0.15) is 0 Å². The summed E-state index contributed by atoms with van der Waals surface area (Å²) in [7, 11) is 0. The standard InChI is InChI=1S/C16H28BrNS/c1-4-7-8-13(6-3)16(18-9-5-2)11-15-10-14(17)12-19-15/h10,12-13,16,18H,4-9,11H2,1-3H3. The van der Waals surface area contributed by atoms with Crippen LogP contribution in [0.1, 0.15) is 57.8 Å². The summed E-state index contributed by atoms with van der Waals surface area (Å²) in [6.07, 6.45) is 7.71. The van der Waals surface area contributed by atoms with Crippen molar-refractivity contribution in [1.29, 1.82) is 0 Å². The Morgan fingerprint density at radius 3 is 2.58 bits per heavy atom. The molecule has 0 radical (unpaired) electrons. The van der Waals surface area contributed by atoms with Crippen molar-refractivity contribution in [3.05, 3.63) is 20.8 Å². The van der Waals surface area contributed by atoms with E-state index >= 15 is 0 Å². The van der Waals surface area contributed by atoms with Crippen molar-refractivity contribution in [3.8, 4) is 0 Å². The first-order chi connectivity index (χ1) is 9.21. The number of thiophene rings is 1. The zero-order valence-electron chi connectivity index (χ0n) is 12.5. The lowest BCUT2D eigenvalue weighted by Crippen LogP contribution is -2.38. The van der Waals surface area contributed by atoms with Gasteiger partial charge in [0.25, 0.3) is 0 Å². The molecule has 2 atom stereocenters. The van der Waals surface area contributed by atoms with Crippen LogP contribution in [-0.2, 0) is 6.42 Å². The number of nitrogens with one attached hydrogen (secondary N) is 1. The molecule has 0 aliphatic heterocycles. The number of unbranched alkanes of at least 4 members (excludes halogenated alkanes) is 1. The van der Waals surface area contributed by atoms with Gasteiger partial charge in [0, 0.05) is 20.8 Å². The molecule has 0 aliphatic rings. The smallest absolute Gasteiger partial charge is 0.0285 e. The van der Waals surface area contributed by atoms with Crippen molar-refractivity contribution in [2.45, 2.75) is 65.3 Å². The molecule has 0 bridgehead atoms. The Balaban J connectivity index is 2.62. The van der Waals surface area contributed by atoms with Gasteiger partial charge in [0.05, 0.1) is 0 Å². The Bertz CT molecular complexity index is 337. The van der Waals surface area contributed by atoms with Gasteiger partial charge in [-0.05, 0) is 53.7 Å². The van der Waals surface area contributed by atoms with E-state index in [1.54, 1.807) is 0 Å². The van der Waals surface area contributed by atoms with Gasteiger partial charge in [-0.25, -0.2) is 0 Å². The van der Waals surface area contributed by atoms with Gasteiger partial charge < -0.3 is 5.32 Å². The van der Waals surface area contributed by atoms with Gasteiger partial charge in [0.2, 0.25) is 0 Å². The lowest BCUT2D eigenvalue weighted by Gasteiger charge is -2.27. The summed E-state index contributed by atoms with van der Waals surface area (Å²) >= 11 is 5.44. The van der Waals surface area contributed by atoms with Crippen LogP contribution in [0.5, 0.6) is 0 Å². The first kappa shape index (κ1) is 17.2. The average Bonchev–Trinajstić information content (AvgIpc) is 2.81. The lowest BCUT2D eigenvalue weighted by atomic mass is 9.89. The molecule has 1 aromatic heterocycles. The predicted octanol–water partition coefficient (Wildman–Crippen LogP) is 5.64. The Morgan fingerprint density at radius 2 is 2.05 bits per heavy atom. The maximum atomic E-state index is 3.78. The Hall–Kier alpha value is 0.140. The largest absolute Gasteiger partial charge is 0.313 e. The number of rotatable bonds is 10. The van der Waals surface area contributed by atoms with E-state index in [0.29, 0.717) is 6.04 Å². The minimum absolute atomic E-state index is 0.641. The van der Waals surface area contributed by atoms with E-state index in [9.17, 15) is 0 Å². The average molecular weight is 346 g/mol. The van der Waals surface area contributed by atoms with Gasteiger partial charge in [0.15, 0.2) is 0 Å². The van der Waals surface area contributed by atoms with Crippen LogP contribution in [-0.4, -0.2) is 12.6 Å². The van der Waals surface area contributed by atoms with E-state index < -0.39 is 0 Å². The highest BCUT2D eigenvalue weighted by Crippen LogP contribution is 2.25. The second-order valence-electron chi connectivity index (χ2n) is 5.31. The molecule has 1 heterocycles. The van der Waals surface area contributed by atoms with Crippen LogP contribution >= 0.6 is 27.3 Å². The predicted molar refractivity (Wildman–Crippen MR) is 91.1 cm³/mol. The van der Waals surface area contributed by atoms with Crippen LogP contribution in [0.2, 0.25) is 0 Å². The summed E-state index contributed by atoms with van der Waals surface area (Å²) in [4.78, 5) is 1.50. The fraction of sp³-hybridized carbons (Fsp3) is 0.750. The topological polar surface area (TPSA) is 12.0 Å². The second kappa shape index (κ2) is 9.95. The molecule has 0 saturated carbocycles. The van der Waals surface area contributed by atoms with Gasteiger partial charge >= 0.3 is 0 Å². The van der Waals surface area contributed by atoms with E-state index in [0.717, 1.165) is 12.5 Å². The third-order valence-electron chi connectivity index (χ3n) is 3.72. The normalized spacial score (nSPS) is 14.5. The molecule has 3 heteroatoms. The first-order valence-electron chi connectivity index (χ1n) is 7.67. The molecule has 1 nitrogen and oxygen atoms in total. The van der Waals surface area contributed by atoms with E-state index in [-0.39, 0.29) is 0 Å². The van der Waals surface area contributed by atoms with Crippen LogP contribution in [0.15, 0.2) is 15.9 Å². The van der Waals surface area contributed by atoms with Crippen LogP contribution in [0.25, 0.3) is 0 Å². The molecule has 110 valence electrons. The van der Waals surface area contributed by atoms with Crippen LogP contribution in [0, 0.1) is 5.92 Å². The second-order valence-corrected chi connectivity index (χ2v) is 7.22. The highest BCUT2D eigenvalue weighted by Gasteiger charge is 2.20. The Morgan fingerprint density at radius 1 is 1.26 bits per heavy atom. The summed E-state index contributed by atoms with van der Waals surface area (Å²) in [5.41, 5.74) is 0. The van der Waals surface area contributed by atoms with Crippen LogP contribution in [0.3, 0.4) is 0 Å². The van der Waals surface area contributed by atoms with E-state index in [2.05, 4.69) is 53.5 Å². The molecular formula is C16H28BrNS. The van der Waals surface area contributed by atoms with Crippen molar-refractivity contribution in [2.75, 3.05) is 6.54 Å². The van der Waals surface area contributed by atoms with Crippen molar-refractivity contribution < 1.29 is 0 Å². The molecule has 0 amide bonds. The van der Waals surface area contributed by atoms with Crippen molar-refractivity contribution in [2.24, 2.45) is 5.92 Å². The molecule has 0 spiro atoms. The van der Waals surface area contributed by atoms with Gasteiger partial charge in [-0.15, -0.1) is 11.3 Å². The number of halogens is 1. The highest BCUT2D eigenvalue weighted by molar-refractivity contribution is 9.10. The third kappa shape index (κ3) is 6.42. The SMILES string of the molecule is CCCCC(CC)C(Cc1cc(Br)cs1)NCCC. The Kier molecular flexibility index (Phi) is 9.01. The summed E-state index contributed by atoms with van der Waals surface area (Å²) in [5.74, 6) is 0.812. The molecule has 1 rings (SSSR count). The van der Waals surface area contributed by atoms with Crippen molar-refractivity contribution in [3.63, 3.8) is 0 Å². The molecule has 1 aromatic rings. The zero-order valence-corrected chi connectivity index (χ0v) is 14.9. The maximum absolute atomic E-state index is 3.78. The molecule has 2 unspecified atom stereocenters. The fourth-order valence-electron chi connectivity index (χ4n) is 2.57. The number of hydrogen-bond acceptors (Lipinski definition) is 2. The molecule has 0 saturated heterocycles. The minimum Gasteiger partial charge on any atom is -0.313 e. The quantitative estimate of drug-likeness (QED) is 0.578. The summed E-state index contributed by atoms with van der Waals surface area (Å²) < 4.78 is 1.23. The fourth-order valence-corrected chi connectivity index (χ4v) is 4.08. The first-order valence-corrected chi connectivity index (χ1v) is 9.34. The molecule has 0 fully saturated rings. The molecule has 1 N–H and O–H groups in total. The van der Waals surface area contributed by atoms with Gasteiger partial charge in [-0.1, -0.05) is 40.0 Å².